The maximum absolute atomic E-state index is 3.59. The molecule has 106 valence electrons. The largest absolute Gasteiger partial charge is 0.369 e. The van der Waals surface area contributed by atoms with Crippen LogP contribution in [0.1, 0.15) is 39.2 Å². The van der Waals surface area contributed by atoms with Crippen molar-refractivity contribution in [1.29, 1.82) is 0 Å². The van der Waals surface area contributed by atoms with Crippen molar-refractivity contribution in [3.63, 3.8) is 0 Å². The highest BCUT2D eigenvalue weighted by molar-refractivity contribution is 9.10. The van der Waals surface area contributed by atoms with Crippen molar-refractivity contribution in [3.8, 4) is 0 Å². The fraction of sp³-hybridized carbons (Fsp3) is 0.625. The predicted octanol–water partition coefficient (Wildman–Crippen LogP) is 4.18. The minimum atomic E-state index is 0.558. The van der Waals surface area contributed by atoms with E-state index >= 15 is 0 Å². The molecule has 1 aromatic carbocycles. The Bertz CT molecular complexity index is 413. The molecule has 0 atom stereocenters. The zero-order chi connectivity index (χ0) is 13.8. The van der Waals surface area contributed by atoms with Crippen LogP contribution in [0.3, 0.4) is 0 Å². The van der Waals surface area contributed by atoms with Crippen LogP contribution in [-0.4, -0.2) is 19.1 Å². The summed E-state index contributed by atoms with van der Waals surface area (Å²) in [6.07, 6.45) is 2.81. The van der Waals surface area contributed by atoms with Crippen molar-refractivity contribution in [2.45, 2.75) is 46.2 Å². The Morgan fingerprint density at radius 2 is 2.11 bits per heavy atom. The Morgan fingerprint density at radius 1 is 1.37 bits per heavy atom. The summed E-state index contributed by atoms with van der Waals surface area (Å²) in [5.74, 6) is 0.915. The lowest BCUT2D eigenvalue weighted by atomic mass is 10.1. The summed E-state index contributed by atoms with van der Waals surface area (Å²) in [7, 11) is 0. The van der Waals surface area contributed by atoms with Gasteiger partial charge in [0.25, 0.3) is 0 Å². The number of anilines is 1. The molecule has 0 amide bonds. The number of hydrogen-bond donors (Lipinski definition) is 1. The van der Waals surface area contributed by atoms with E-state index in [1.807, 2.05) is 0 Å². The number of nitrogens with one attached hydrogen (secondary N) is 1. The Balaban J connectivity index is 2.22. The molecule has 0 aromatic heterocycles. The predicted molar refractivity (Wildman–Crippen MR) is 86.7 cm³/mol. The van der Waals surface area contributed by atoms with Crippen LogP contribution in [0.4, 0.5) is 5.69 Å². The second-order valence-corrected chi connectivity index (χ2v) is 6.66. The van der Waals surface area contributed by atoms with Crippen LogP contribution in [0.25, 0.3) is 0 Å². The maximum atomic E-state index is 3.59. The van der Waals surface area contributed by atoms with Crippen molar-refractivity contribution in [2.24, 2.45) is 5.92 Å². The van der Waals surface area contributed by atoms with E-state index in [4.69, 9.17) is 0 Å². The van der Waals surface area contributed by atoms with Gasteiger partial charge in [-0.1, -0.05) is 22.9 Å². The first-order valence-corrected chi connectivity index (χ1v) is 8.17. The molecule has 1 aliphatic rings. The first-order chi connectivity index (χ1) is 9.11. The molecule has 0 saturated heterocycles. The van der Waals surface area contributed by atoms with Crippen LogP contribution in [0.5, 0.6) is 0 Å². The Morgan fingerprint density at radius 3 is 2.68 bits per heavy atom. The number of benzene rings is 1. The zero-order valence-corrected chi connectivity index (χ0v) is 13.8. The summed E-state index contributed by atoms with van der Waals surface area (Å²) >= 11 is 3.59. The van der Waals surface area contributed by atoms with Crippen molar-refractivity contribution in [3.05, 3.63) is 28.2 Å². The molecule has 1 fully saturated rings. The Kier molecular flexibility index (Phi) is 5.28. The van der Waals surface area contributed by atoms with E-state index in [-0.39, 0.29) is 0 Å². The number of halogens is 1. The van der Waals surface area contributed by atoms with E-state index in [1.54, 1.807) is 0 Å². The van der Waals surface area contributed by atoms with Crippen molar-refractivity contribution < 1.29 is 0 Å². The summed E-state index contributed by atoms with van der Waals surface area (Å²) in [5, 5.41) is 3.45. The summed E-state index contributed by atoms with van der Waals surface area (Å²) < 4.78 is 1.17. The van der Waals surface area contributed by atoms with Crippen molar-refractivity contribution in [1.82, 2.24) is 5.32 Å². The third kappa shape index (κ3) is 4.22. The minimum absolute atomic E-state index is 0.558. The van der Waals surface area contributed by atoms with Gasteiger partial charge < -0.3 is 10.2 Å². The maximum Gasteiger partial charge on any atom is 0.0415 e. The van der Waals surface area contributed by atoms with Crippen molar-refractivity contribution >= 4 is 21.6 Å². The van der Waals surface area contributed by atoms with Gasteiger partial charge in [0.05, 0.1) is 0 Å². The number of rotatable bonds is 7. The normalized spacial score (nSPS) is 15.0. The SMILES string of the molecule is CCNCc1cc(Br)ccc1N(CC1CC1)C(C)C. The van der Waals surface area contributed by atoms with Gasteiger partial charge in [-0.3, -0.25) is 0 Å². The monoisotopic (exact) mass is 324 g/mol. The fourth-order valence-electron chi connectivity index (χ4n) is 2.40. The van der Waals surface area contributed by atoms with E-state index in [0.717, 1.165) is 19.0 Å². The highest BCUT2D eigenvalue weighted by atomic mass is 79.9. The lowest BCUT2D eigenvalue weighted by Gasteiger charge is -2.31. The van der Waals surface area contributed by atoms with Crippen LogP contribution >= 0.6 is 15.9 Å². The Labute approximate surface area is 125 Å². The molecule has 0 aliphatic heterocycles. The van der Waals surface area contributed by atoms with E-state index in [9.17, 15) is 0 Å². The van der Waals surface area contributed by atoms with Gasteiger partial charge in [-0.25, -0.2) is 0 Å². The molecule has 1 N–H and O–H groups in total. The average Bonchev–Trinajstić information content (AvgIpc) is 3.18. The van der Waals surface area contributed by atoms with Gasteiger partial charge in [-0.2, -0.15) is 0 Å². The van der Waals surface area contributed by atoms with Crippen LogP contribution in [0, 0.1) is 5.92 Å². The molecule has 0 spiro atoms. The molecule has 1 saturated carbocycles. The molecular weight excluding hydrogens is 300 g/mol. The molecule has 0 bridgehead atoms. The van der Waals surface area contributed by atoms with Gasteiger partial charge in [-0.05, 0) is 62.9 Å². The van der Waals surface area contributed by atoms with Crippen LogP contribution < -0.4 is 10.2 Å². The molecular formula is C16H25BrN2. The summed E-state index contributed by atoms with van der Waals surface area (Å²) in [4.78, 5) is 2.57. The standard InChI is InChI=1S/C16H25BrN2/c1-4-18-10-14-9-15(17)7-8-16(14)19(12(2)3)11-13-5-6-13/h7-9,12-13,18H,4-6,10-11H2,1-3H3. The van der Waals surface area contributed by atoms with E-state index in [0.29, 0.717) is 6.04 Å². The summed E-state index contributed by atoms with van der Waals surface area (Å²) in [5.41, 5.74) is 2.79. The molecule has 0 unspecified atom stereocenters. The first-order valence-electron chi connectivity index (χ1n) is 7.37. The van der Waals surface area contributed by atoms with Gasteiger partial charge in [0, 0.05) is 29.3 Å². The van der Waals surface area contributed by atoms with Gasteiger partial charge in [-0.15, -0.1) is 0 Å². The molecule has 2 rings (SSSR count). The van der Waals surface area contributed by atoms with Gasteiger partial charge >= 0.3 is 0 Å². The number of nitrogens with zero attached hydrogens (tertiary/aromatic N) is 1. The average molecular weight is 325 g/mol. The third-order valence-electron chi connectivity index (χ3n) is 3.69. The second kappa shape index (κ2) is 6.76. The smallest absolute Gasteiger partial charge is 0.0415 e. The second-order valence-electron chi connectivity index (χ2n) is 5.74. The molecule has 1 aliphatic carbocycles. The highest BCUT2D eigenvalue weighted by Gasteiger charge is 2.26. The lowest BCUT2D eigenvalue weighted by Crippen LogP contribution is -2.34. The molecule has 1 aromatic rings. The van der Waals surface area contributed by atoms with Crippen LogP contribution in [0.2, 0.25) is 0 Å². The van der Waals surface area contributed by atoms with E-state index in [2.05, 4.69) is 65.1 Å². The molecule has 0 radical (unpaired) electrons. The molecule has 0 heterocycles. The van der Waals surface area contributed by atoms with Gasteiger partial charge in [0.2, 0.25) is 0 Å². The molecule has 2 nitrogen and oxygen atoms in total. The fourth-order valence-corrected chi connectivity index (χ4v) is 2.81. The molecule has 19 heavy (non-hydrogen) atoms. The van der Waals surface area contributed by atoms with E-state index in [1.165, 1.54) is 35.1 Å². The minimum Gasteiger partial charge on any atom is -0.369 e. The van der Waals surface area contributed by atoms with Crippen LogP contribution in [-0.2, 0) is 6.54 Å². The number of hydrogen-bond acceptors (Lipinski definition) is 2. The summed E-state index contributed by atoms with van der Waals surface area (Å²) in [6.45, 7) is 9.90. The van der Waals surface area contributed by atoms with Gasteiger partial charge in [0.15, 0.2) is 0 Å². The first kappa shape index (κ1) is 14.9. The summed E-state index contributed by atoms with van der Waals surface area (Å²) in [6, 6.07) is 7.23. The van der Waals surface area contributed by atoms with Crippen LogP contribution in [0.15, 0.2) is 22.7 Å². The topological polar surface area (TPSA) is 15.3 Å². The Hall–Kier alpha value is -0.540. The third-order valence-corrected chi connectivity index (χ3v) is 4.18. The molecule has 3 heteroatoms. The van der Waals surface area contributed by atoms with Crippen molar-refractivity contribution in [2.75, 3.05) is 18.0 Å². The van der Waals surface area contributed by atoms with E-state index < -0.39 is 0 Å². The zero-order valence-electron chi connectivity index (χ0n) is 12.2. The quantitative estimate of drug-likeness (QED) is 0.809. The van der Waals surface area contributed by atoms with Gasteiger partial charge in [0.1, 0.15) is 0 Å². The highest BCUT2D eigenvalue weighted by Crippen LogP contribution is 2.34. The lowest BCUT2D eigenvalue weighted by molar-refractivity contribution is 0.636.